The van der Waals surface area contributed by atoms with Crippen LogP contribution in [-0.4, -0.2) is 11.2 Å². The largest absolute Gasteiger partial charge is 0.393 e. The van der Waals surface area contributed by atoms with Crippen LogP contribution in [0.2, 0.25) is 0 Å². The molecule has 3 atom stereocenters. The van der Waals surface area contributed by atoms with Crippen molar-refractivity contribution in [2.45, 2.75) is 45.6 Å². The van der Waals surface area contributed by atoms with Crippen LogP contribution in [-0.2, 0) is 0 Å². The van der Waals surface area contributed by atoms with E-state index in [9.17, 15) is 5.11 Å². The summed E-state index contributed by atoms with van der Waals surface area (Å²) >= 11 is 0. The fourth-order valence-corrected chi connectivity index (χ4v) is 1.94. The van der Waals surface area contributed by atoms with Crippen LogP contribution in [0.15, 0.2) is 0 Å². The van der Waals surface area contributed by atoms with Gasteiger partial charge >= 0.3 is 0 Å². The second-order valence-electron chi connectivity index (χ2n) is 3.55. The average molecular weight is 142 g/mol. The zero-order valence-corrected chi connectivity index (χ0v) is 7.01. The van der Waals surface area contributed by atoms with Crippen LogP contribution >= 0.6 is 0 Å². The smallest absolute Gasteiger partial charge is 0.0570 e. The second kappa shape index (κ2) is 3.38. The highest BCUT2D eigenvalue weighted by Gasteiger charge is 2.28. The van der Waals surface area contributed by atoms with E-state index in [0.29, 0.717) is 5.92 Å². The van der Waals surface area contributed by atoms with E-state index in [4.69, 9.17) is 0 Å². The Morgan fingerprint density at radius 1 is 1.50 bits per heavy atom. The summed E-state index contributed by atoms with van der Waals surface area (Å²) in [5.41, 5.74) is 0. The Labute approximate surface area is 63.4 Å². The number of hydrogen-bond acceptors (Lipinski definition) is 1. The summed E-state index contributed by atoms with van der Waals surface area (Å²) in [6.07, 6.45) is 4.73. The summed E-state index contributed by atoms with van der Waals surface area (Å²) in [5, 5.41) is 9.49. The minimum Gasteiger partial charge on any atom is -0.393 e. The number of aliphatic hydroxyl groups is 1. The third kappa shape index (κ3) is 1.51. The van der Waals surface area contributed by atoms with Crippen LogP contribution in [0.25, 0.3) is 0 Å². The fraction of sp³-hybridized carbons (Fsp3) is 1.00. The standard InChI is InChI=1S/C9H18O/c1-3-7(2)8-5-4-6-9(8)10/h7-10H,3-6H2,1-2H3/t7?,8-,9-/m0/s1. The lowest BCUT2D eigenvalue weighted by Crippen LogP contribution is -2.19. The highest BCUT2D eigenvalue weighted by atomic mass is 16.3. The van der Waals surface area contributed by atoms with Crippen molar-refractivity contribution in [1.29, 1.82) is 0 Å². The lowest BCUT2D eigenvalue weighted by Gasteiger charge is -2.20. The molecule has 0 radical (unpaired) electrons. The molecule has 10 heavy (non-hydrogen) atoms. The Morgan fingerprint density at radius 2 is 2.20 bits per heavy atom. The van der Waals surface area contributed by atoms with Gasteiger partial charge in [-0.3, -0.25) is 0 Å². The maximum absolute atomic E-state index is 9.49. The molecular weight excluding hydrogens is 124 g/mol. The third-order valence-electron chi connectivity index (χ3n) is 2.91. The van der Waals surface area contributed by atoms with Gasteiger partial charge < -0.3 is 5.11 Å². The second-order valence-corrected chi connectivity index (χ2v) is 3.55. The monoisotopic (exact) mass is 142 g/mol. The normalized spacial score (nSPS) is 36.3. The summed E-state index contributed by atoms with van der Waals surface area (Å²) in [6, 6.07) is 0. The van der Waals surface area contributed by atoms with Crippen molar-refractivity contribution < 1.29 is 5.11 Å². The van der Waals surface area contributed by atoms with Gasteiger partial charge in [0, 0.05) is 0 Å². The van der Waals surface area contributed by atoms with E-state index in [1.165, 1.54) is 19.3 Å². The minimum absolute atomic E-state index is 0.00921. The molecular formula is C9H18O. The number of aliphatic hydroxyl groups excluding tert-OH is 1. The first kappa shape index (κ1) is 8.06. The Hall–Kier alpha value is -0.0400. The topological polar surface area (TPSA) is 20.2 Å². The molecule has 1 heteroatoms. The van der Waals surface area contributed by atoms with Crippen LogP contribution in [0, 0.1) is 11.8 Å². The zero-order valence-electron chi connectivity index (χ0n) is 7.01. The molecule has 1 aliphatic rings. The van der Waals surface area contributed by atoms with E-state index in [1.807, 2.05) is 0 Å². The van der Waals surface area contributed by atoms with Crippen molar-refractivity contribution in [2.24, 2.45) is 11.8 Å². The van der Waals surface area contributed by atoms with Gasteiger partial charge in [-0.1, -0.05) is 26.7 Å². The molecule has 1 fully saturated rings. The molecule has 0 aromatic rings. The summed E-state index contributed by atoms with van der Waals surface area (Å²) in [7, 11) is 0. The van der Waals surface area contributed by atoms with Gasteiger partial charge in [0.05, 0.1) is 6.10 Å². The Bertz CT molecular complexity index is 101. The number of rotatable bonds is 2. The van der Waals surface area contributed by atoms with Crippen LogP contribution in [0.3, 0.4) is 0 Å². The van der Waals surface area contributed by atoms with Crippen molar-refractivity contribution in [1.82, 2.24) is 0 Å². The van der Waals surface area contributed by atoms with E-state index in [2.05, 4.69) is 13.8 Å². The lowest BCUT2D eigenvalue weighted by atomic mass is 9.89. The van der Waals surface area contributed by atoms with Gasteiger partial charge in [-0.15, -0.1) is 0 Å². The van der Waals surface area contributed by atoms with E-state index in [1.54, 1.807) is 0 Å². The van der Waals surface area contributed by atoms with Crippen molar-refractivity contribution in [3.8, 4) is 0 Å². The van der Waals surface area contributed by atoms with E-state index in [0.717, 1.165) is 12.3 Å². The van der Waals surface area contributed by atoms with Gasteiger partial charge in [-0.05, 0) is 24.7 Å². The molecule has 1 saturated carbocycles. The van der Waals surface area contributed by atoms with Crippen molar-refractivity contribution in [2.75, 3.05) is 0 Å². The summed E-state index contributed by atoms with van der Waals surface area (Å²) in [5.74, 6) is 1.32. The average Bonchev–Trinajstić information content (AvgIpc) is 2.34. The number of hydrogen-bond donors (Lipinski definition) is 1. The molecule has 0 bridgehead atoms. The highest BCUT2D eigenvalue weighted by molar-refractivity contribution is 4.79. The molecule has 0 aromatic heterocycles. The molecule has 1 unspecified atom stereocenters. The van der Waals surface area contributed by atoms with Gasteiger partial charge in [0.1, 0.15) is 0 Å². The zero-order chi connectivity index (χ0) is 7.56. The Balaban J connectivity index is 2.38. The maximum Gasteiger partial charge on any atom is 0.0570 e. The molecule has 0 spiro atoms. The first-order valence-electron chi connectivity index (χ1n) is 4.43. The first-order chi connectivity index (χ1) is 4.75. The van der Waals surface area contributed by atoms with E-state index < -0.39 is 0 Å². The quantitative estimate of drug-likeness (QED) is 0.626. The van der Waals surface area contributed by atoms with Crippen LogP contribution in [0.4, 0.5) is 0 Å². The van der Waals surface area contributed by atoms with Crippen molar-refractivity contribution >= 4 is 0 Å². The predicted octanol–water partition coefficient (Wildman–Crippen LogP) is 2.19. The lowest BCUT2D eigenvalue weighted by molar-refractivity contribution is 0.102. The highest BCUT2D eigenvalue weighted by Crippen LogP contribution is 2.32. The van der Waals surface area contributed by atoms with Gasteiger partial charge in [0.2, 0.25) is 0 Å². The summed E-state index contributed by atoms with van der Waals surface area (Å²) < 4.78 is 0. The Morgan fingerprint density at radius 3 is 2.60 bits per heavy atom. The first-order valence-corrected chi connectivity index (χ1v) is 4.43. The maximum atomic E-state index is 9.49. The summed E-state index contributed by atoms with van der Waals surface area (Å²) in [4.78, 5) is 0. The predicted molar refractivity (Wildman–Crippen MR) is 42.8 cm³/mol. The van der Waals surface area contributed by atoms with E-state index in [-0.39, 0.29) is 6.10 Å². The van der Waals surface area contributed by atoms with Crippen molar-refractivity contribution in [3.63, 3.8) is 0 Å². The SMILES string of the molecule is CCC(C)[C@@H]1CCC[C@@H]1O. The molecule has 1 nitrogen and oxygen atoms in total. The van der Waals surface area contributed by atoms with Crippen molar-refractivity contribution in [3.05, 3.63) is 0 Å². The molecule has 1 aliphatic carbocycles. The molecule has 0 saturated heterocycles. The Kier molecular flexibility index (Phi) is 2.72. The van der Waals surface area contributed by atoms with Crippen LogP contribution in [0.1, 0.15) is 39.5 Å². The van der Waals surface area contributed by atoms with Gasteiger partial charge in [0.15, 0.2) is 0 Å². The van der Waals surface area contributed by atoms with Gasteiger partial charge in [-0.2, -0.15) is 0 Å². The van der Waals surface area contributed by atoms with Crippen LogP contribution < -0.4 is 0 Å². The molecule has 0 aliphatic heterocycles. The fourth-order valence-electron chi connectivity index (χ4n) is 1.94. The molecule has 1 rings (SSSR count). The molecule has 60 valence electrons. The molecule has 0 amide bonds. The molecule has 0 aromatic carbocycles. The molecule has 0 heterocycles. The van der Waals surface area contributed by atoms with Gasteiger partial charge in [-0.25, -0.2) is 0 Å². The van der Waals surface area contributed by atoms with Gasteiger partial charge in [0.25, 0.3) is 0 Å². The summed E-state index contributed by atoms with van der Waals surface area (Å²) in [6.45, 7) is 4.45. The van der Waals surface area contributed by atoms with Crippen LogP contribution in [0.5, 0.6) is 0 Å². The van der Waals surface area contributed by atoms with E-state index >= 15 is 0 Å². The molecule has 1 N–H and O–H groups in total. The minimum atomic E-state index is 0.00921. The third-order valence-corrected chi connectivity index (χ3v) is 2.91.